The second-order valence-electron chi connectivity index (χ2n) is 8.23. The minimum absolute atomic E-state index is 0.198. The van der Waals surface area contributed by atoms with Crippen LogP contribution in [0.25, 0.3) is 10.9 Å². The molecule has 1 heterocycles. The molecule has 176 valence electrons. The summed E-state index contributed by atoms with van der Waals surface area (Å²) in [6.45, 7) is 4.14. The number of aliphatic carboxylic acids is 1. The Kier molecular flexibility index (Phi) is 9.67. The Hall–Kier alpha value is -2.91. The molecular weight excluding hydrogens is 410 g/mol. The number of carbonyl (C=O) groups is 3. The predicted octanol–water partition coefficient (Wildman–Crippen LogP) is 1.27. The number of unbranched alkanes of at least 4 members (excludes halogenated alkanes) is 1. The first-order chi connectivity index (χ1) is 15.3. The molecule has 9 nitrogen and oxygen atoms in total. The fourth-order valence-corrected chi connectivity index (χ4v) is 3.59. The van der Waals surface area contributed by atoms with Crippen LogP contribution in [0.3, 0.4) is 0 Å². The lowest BCUT2D eigenvalue weighted by Crippen LogP contribution is -2.56. The highest BCUT2D eigenvalue weighted by molar-refractivity contribution is 5.93. The van der Waals surface area contributed by atoms with Gasteiger partial charge in [-0.3, -0.25) is 9.59 Å². The van der Waals surface area contributed by atoms with Gasteiger partial charge in [-0.25, -0.2) is 4.79 Å². The van der Waals surface area contributed by atoms with Crippen LogP contribution in [0, 0.1) is 5.92 Å². The van der Waals surface area contributed by atoms with E-state index in [9.17, 15) is 19.5 Å². The van der Waals surface area contributed by atoms with Crippen molar-refractivity contribution < 1.29 is 19.5 Å². The molecule has 0 radical (unpaired) electrons. The second-order valence-corrected chi connectivity index (χ2v) is 8.23. The largest absolute Gasteiger partial charge is 0.480 e. The third-order valence-electron chi connectivity index (χ3n) is 5.81. The summed E-state index contributed by atoms with van der Waals surface area (Å²) in [4.78, 5) is 40.6. The molecule has 32 heavy (non-hydrogen) atoms. The van der Waals surface area contributed by atoms with Crippen molar-refractivity contribution in [3.8, 4) is 0 Å². The van der Waals surface area contributed by atoms with Gasteiger partial charge < -0.3 is 32.2 Å². The van der Waals surface area contributed by atoms with E-state index in [1.807, 2.05) is 31.2 Å². The SMILES string of the molecule is CCC(C)C(NC(=O)C(Cc1c[nH]c2ccccc12)NC(=O)C(N)CCCCN)C(=O)O. The lowest BCUT2D eigenvalue weighted by molar-refractivity contribution is -0.143. The Bertz CT molecular complexity index is 913. The van der Waals surface area contributed by atoms with Gasteiger partial charge in [0, 0.05) is 23.5 Å². The highest BCUT2D eigenvalue weighted by Gasteiger charge is 2.31. The van der Waals surface area contributed by atoms with Gasteiger partial charge in [-0.1, -0.05) is 44.9 Å². The maximum atomic E-state index is 13.1. The van der Waals surface area contributed by atoms with Gasteiger partial charge in [-0.2, -0.15) is 0 Å². The summed E-state index contributed by atoms with van der Waals surface area (Å²) in [7, 11) is 0. The average molecular weight is 446 g/mol. The Morgan fingerprint density at radius 3 is 2.50 bits per heavy atom. The second kappa shape index (κ2) is 12.2. The summed E-state index contributed by atoms with van der Waals surface area (Å²) < 4.78 is 0. The number of nitrogens with two attached hydrogens (primary N) is 2. The quantitative estimate of drug-likeness (QED) is 0.254. The summed E-state index contributed by atoms with van der Waals surface area (Å²) in [6.07, 6.45) is 4.50. The van der Waals surface area contributed by atoms with Crippen LogP contribution in [0.1, 0.15) is 45.1 Å². The first-order valence-corrected chi connectivity index (χ1v) is 11.1. The summed E-state index contributed by atoms with van der Waals surface area (Å²) in [6, 6.07) is 4.85. The van der Waals surface area contributed by atoms with Gasteiger partial charge in [0.1, 0.15) is 12.1 Å². The summed E-state index contributed by atoms with van der Waals surface area (Å²) in [5.74, 6) is -2.37. The number of benzene rings is 1. The molecule has 0 saturated heterocycles. The first-order valence-electron chi connectivity index (χ1n) is 11.1. The van der Waals surface area contributed by atoms with Crippen molar-refractivity contribution in [1.29, 1.82) is 0 Å². The Labute approximate surface area is 188 Å². The van der Waals surface area contributed by atoms with Crippen LogP contribution >= 0.6 is 0 Å². The summed E-state index contributed by atoms with van der Waals surface area (Å²) >= 11 is 0. The average Bonchev–Trinajstić information content (AvgIpc) is 3.19. The van der Waals surface area contributed by atoms with E-state index >= 15 is 0 Å². The molecule has 0 aliphatic rings. The number of carboxylic acids is 1. The predicted molar refractivity (Wildman–Crippen MR) is 124 cm³/mol. The Morgan fingerprint density at radius 1 is 1.12 bits per heavy atom. The van der Waals surface area contributed by atoms with Gasteiger partial charge >= 0.3 is 5.97 Å². The molecule has 0 spiro atoms. The van der Waals surface area contributed by atoms with Crippen molar-refractivity contribution in [2.45, 2.75) is 64.1 Å². The highest BCUT2D eigenvalue weighted by Crippen LogP contribution is 2.19. The molecule has 0 aliphatic heterocycles. The van der Waals surface area contributed by atoms with Gasteiger partial charge in [0.05, 0.1) is 6.04 Å². The van der Waals surface area contributed by atoms with Gasteiger partial charge in [-0.15, -0.1) is 0 Å². The van der Waals surface area contributed by atoms with E-state index in [1.54, 1.807) is 13.1 Å². The van der Waals surface area contributed by atoms with E-state index in [2.05, 4.69) is 15.6 Å². The molecule has 0 saturated carbocycles. The Morgan fingerprint density at radius 2 is 1.84 bits per heavy atom. The van der Waals surface area contributed by atoms with Gasteiger partial charge in [-0.05, 0) is 36.9 Å². The standard InChI is InChI=1S/C23H35N5O4/c1-3-14(2)20(23(31)32)28-22(30)19(27-21(29)17(25)9-6-7-11-24)12-15-13-26-18-10-5-4-8-16(15)18/h4-5,8,10,13-14,17,19-20,26H,3,6-7,9,11-12,24-25H2,1-2H3,(H,27,29)(H,28,30)(H,31,32). The third-order valence-corrected chi connectivity index (χ3v) is 5.81. The van der Waals surface area contributed by atoms with Crippen LogP contribution in [-0.4, -0.2) is 52.5 Å². The lowest BCUT2D eigenvalue weighted by Gasteiger charge is -2.25. The number of nitrogens with one attached hydrogen (secondary N) is 3. The molecule has 4 atom stereocenters. The zero-order chi connectivity index (χ0) is 23.7. The highest BCUT2D eigenvalue weighted by atomic mass is 16.4. The van der Waals surface area contributed by atoms with Crippen molar-refractivity contribution in [3.05, 3.63) is 36.0 Å². The van der Waals surface area contributed by atoms with Crippen LogP contribution in [-0.2, 0) is 20.8 Å². The molecule has 9 heteroatoms. The number of carboxylic acid groups (broad SMARTS) is 1. The maximum absolute atomic E-state index is 13.1. The summed E-state index contributed by atoms with van der Waals surface area (Å²) in [5, 5.41) is 15.8. The van der Waals surface area contributed by atoms with Crippen LogP contribution in [0.2, 0.25) is 0 Å². The molecule has 0 fully saturated rings. The molecule has 1 aromatic heterocycles. The van der Waals surface area contributed by atoms with Gasteiger partial charge in [0.25, 0.3) is 0 Å². The van der Waals surface area contributed by atoms with Gasteiger partial charge in [0.15, 0.2) is 0 Å². The van der Waals surface area contributed by atoms with Crippen molar-refractivity contribution >= 4 is 28.7 Å². The molecule has 2 amide bonds. The van der Waals surface area contributed by atoms with Crippen LogP contribution < -0.4 is 22.1 Å². The fraction of sp³-hybridized carbons (Fsp3) is 0.522. The van der Waals surface area contributed by atoms with Crippen LogP contribution in [0.5, 0.6) is 0 Å². The fourth-order valence-electron chi connectivity index (χ4n) is 3.59. The number of H-pyrrole nitrogens is 1. The minimum atomic E-state index is -1.11. The molecule has 2 aromatic rings. The van der Waals surface area contributed by atoms with E-state index in [-0.39, 0.29) is 12.3 Å². The van der Waals surface area contributed by atoms with Crippen LogP contribution in [0.4, 0.5) is 0 Å². The van der Waals surface area contributed by atoms with Crippen molar-refractivity contribution in [3.63, 3.8) is 0 Å². The van der Waals surface area contributed by atoms with E-state index in [0.717, 1.165) is 22.9 Å². The molecule has 0 bridgehead atoms. The lowest BCUT2D eigenvalue weighted by atomic mass is 9.98. The zero-order valence-electron chi connectivity index (χ0n) is 18.8. The molecular formula is C23H35N5O4. The number of rotatable bonds is 13. The topological polar surface area (TPSA) is 163 Å². The van der Waals surface area contributed by atoms with Crippen molar-refractivity contribution in [1.82, 2.24) is 15.6 Å². The normalized spacial score (nSPS) is 15.0. The number of amides is 2. The van der Waals surface area contributed by atoms with E-state index in [1.165, 1.54) is 0 Å². The number of fused-ring (bicyclic) bond motifs is 1. The maximum Gasteiger partial charge on any atom is 0.326 e. The van der Waals surface area contributed by atoms with Crippen molar-refractivity contribution in [2.24, 2.45) is 17.4 Å². The molecule has 1 aromatic carbocycles. The number of carbonyl (C=O) groups excluding carboxylic acids is 2. The number of hydrogen-bond donors (Lipinski definition) is 6. The van der Waals surface area contributed by atoms with E-state index in [0.29, 0.717) is 25.8 Å². The number of aromatic nitrogens is 1. The number of para-hydroxylation sites is 1. The number of hydrogen-bond acceptors (Lipinski definition) is 5. The molecule has 8 N–H and O–H groups in total. The molecule has 4 unspecified atom stereocenters. The number of aromatic amines is 1. The van der Waals surface area contributed by atoms with E-state index < -0.39 is 35.9 Å². The summed E-state index contributed by atoms with van der Waals surface area (Å²) in [5.41, 5.74) is 13.3. The molecule has 0 aliphatic carbocycles. The van der Waals surface area contributed by atoms with E-state index in [4.69, 9.17) is 11.5 Å². The first kappa shape index (κ1) is 25.4. The molecule has 2 rings (SSSR count). The third kappa shape index (κ3) is 6.80. The monoisotopic (exact) mass is 445 g/mol. The minimum Gasteiger partial charge on any atom is -0.480 e. The Balaban J connectivity index is 2.22. The van der Waals surface area contributed by atoms with Gasteiger partial charge in [0.2, 0.25) is 11.8 Å². The van der Waals surface area contributed by atoms with Crippen LogP contribution in [0.15, 0.2) is 30.5 Å². The smallest absolute Gasteiger partial charge is 0.326 e. The van der Waals surface area contributed by atoms with Crippen molar-refractivity contribution in [2.75, 3.05) is 6.54 Å². The zero-order valence-corrected chi connectivity index (χ0v) is 18.8.